The Balaban J connectivity index is 1.18. The molecule has 1 aliphatic carbocycles. The van der Waals surface area contributed by atoms with Gasteiger partial charge in [-0.15, -0.1) is 0 Å². The predicted octanol–water partition coefficient (Wildman–Crippen LogP) is 12.5. The molecule has 51 heavy (non-hydrogen) atoms. The van der Waals surface area contributed by atoms with Crippen LogP contribution in [-0.2, 0) is 0 Å². The molecule has 240 valence electrons. The number of furan rings is 1. The Kier molecular flexibility index (Phi) is 6.91. The molecule has 0 N–H and O–H groups in total. The van der Waals surface area contributed by atoms with E-state index in [-0.39, 0.29) is 0 Å². The van der Waals surface area contributed by atoms with Gasteiger partial charge in [0.1, 0.15) is 11.2 Å². The Morgan fingerprint density at radius 3 is 1.90 bits per heavy atom. The first-order valence-corrected chi connectivity index (χ1v) is 17.4. The smallest absolute Gasteiger partial charge is 0.164 e. The summed E-state index contributed by atoms with van der Waals surface area (Å²) in [5, 5.41) is 6.73. The van der Waals surface area contributed by atoms with E-state index in [4.69, 9.17) is 19.4 Å². The summed E-state index contributed by atoms with van der Waals surface area (Å²) in [7, 11) is 0. The third-order valence-corrected chi connectivity index (χ3v) is 9.90. The van der Waals surface area contributed by atoms with Crippen molar-refractivity contribution in [2.75, 3.05) is 0 Å². The van der Waals surface area contributed by atoms with Crippen LogP contribution in [0.4, 0.5) is 0 Å². The summed E-state index contributed by atoms with van der Waals surface area (Å²) < 4.78 is 6.52. The van der Waals surface area contributed by atoms with Crippen molar-refractivity contribution in [1.82, 2.24) is 15.0 Å². The van der Waals surface area contributed by atoms with Crippen LogP contribution in [0.15, 0.2) is 168 Å². The largest absolute Gasteiger partial charge is 0.456 e. The van der Waals surface area contributed by atoms with Gasteiger partial charge < -0.3 is 4.42 Å². The summed E-state index contributed by atoms with van der Waals surface area (Å²) in [5.41, 5.74) is 9.05. The van der Waals surface area contributed by atoms with Crippen LogP contribution in [0.5, 0.6) is 0 Å². The maximum absolute atomic E-state index is 6.52. The van der Waals surface area contributed by atoms with Crippen molar-refractivity contribution < 1.29 is 4.42 Å². The first kappa shape index (κ1) is 29.3. The summed E-state index contributed by atoms with van der Waals surface area (Å²) >= 11 is 0. The average Bonchev–Trinajstić information content (AvgIpc) is 3.59. The van der Waals surface area contributed by atoms with Gasteiger partial charge in [-0.3, -0.25) is 0 Å². The van der Waals surface area contributed by atoms with Gasteiger partial charge in [-0.05, 0) is 93.0 Å². The number of aromatic nitrogens is 3. The SMILES string of the molecule is C1=CC(c2nc(-c3ccc4cc(-c5ccccc5)ccc4c3)nc(-c3cc(-c4ccc5ccccc5c4)cc4oc5ccccc5c34)n2)=CCC1. The van der Waals surface area contributed by atoms with E-state index in [1.165, 1.54) is 27.3 Å². The molecule has 10 rings (SSSR count). The van der Waals surface area contributed by atoms with Crippen molar-refractivity contribution in [3.8, 4) is 45.0 Å². The minimum Gasteiger partial charge on any atom is -0.456 e. The second-order valence-electron chi connectivity index (χ2n) is 13.1. The molecular formula is C47H31N3O. The Hall–Kier alpha value is -6.65. The van der Waals surface area contributed by atoms with E-state index in [0.29, 0.717) is 17.5 Å². The lowest BCUT2D eigenvalue weighted by atomic mass is 9.96. The molecule has 9 aromatic rings. The lowest BCUT2D eigenvalue weighted by Crippen LogP contribution is -2.03. The highest BCUT2D eigenvalue weighted by molar-refractivity contribution is 6.13. The third-order valence-electron chi connectivity index (χ3n) is 9.90. The lowest BCUT2D eigenvalue weighted by Gasteiger charge is -2.13. The van der Waals surface area contributed by atoms with Crippen molar-refractivity contribution >= 4 is 49.1 Å². The minimum absolute atomic E-state index is 0.619. The summed E-state index contributed by atoms with van der Waals surface area (Å²) in [5.74, 6) is 1.93. The second kappa shape index (κ2) is 12.0. The molecule has 2 heterocycles. The van der Waals surface area contributed by atoms with Crippen molar-refractivity contribution in [3.63, 3.8) is 0 Å². The Morgan fingerprint density at radius 2 is 1.08 bits per heavy atom. The normalized spacial score (nSPS) is 13.0. The maximum atomic E-state index is 6.52. The Bertz CT molecular complexity index is 2860. The van der Waals surface area contributed by atoms with Gasteiger partial charge >= 0.3 is 0 Å². The van der Waals surface area contributed by atoms with E-state index in [1.807, 2.05) is 18.2 Å². The molecule has 1 aliphatic rings. The van der Waals surface area contributed by atoms with E-state index in [9.17, 15) is 0 Å². The van der Waals surface area contributed by atoms with Gasteiger partial charge in [0, 0.05) is 27.5 Å². The molecule has 0 amide bonds. The van der Waals surface area contributed by atoms with E-state index in [1.54, 1.807) is 0 Å². The van der Waals surface area contributed by atoms with Crippen LogP contribution in [0, 0.1) is 0 Å². The number of benzene rings is 7. The molecule has 0 saturated carbocycles. The Labute approximate surface area is 295 Å². The number of fused-ring (bicyclic) bond motifs is 5. The van der Waals surface area contributed by atoms with Gasteiger partial charge in [0.2, 0.25) is 0 Å². The van der Waals surface area contributed by atoms with Crippen molar-refractivity contribution in [3.05, 3.63) is 170 Å². The fourth-order valence-electron chi connectivity index (χ4n) is 7.30. The fourth-order valence-corrected chi connectivity index (χ4v) is 7.30. The zero-order valence-corrected chi connectivity index (χ0v) is 27.8. The number of hydrogen-bond acceptors (Lipinski definition) is 4. The summed E-state index contributed by atoms with van der Waals surface area (Å²) in [6.07, 6.45) is 8.52. The molecular weight excluding hydrogens is 623 g/mol. The van der Waals surface area contributed by atoms with Crippen LogP contribution in [0.1, 0.15) is 18.7 Å². The standard InChI is InChI=1S/C47H31N3O/c1-3-11-30(12-4-1)34-21-22-36-27-38(24-23-35(36)26-34)46-48-45(32-14-5-2-6-15-32)49-47(50-46)41-28-39(37-20-19-31-13-7-8-16-33(31)25-37)29-43-44(41)40-17-9-10-18-42(40)51-43/h1,3-5,7-29H,2,6H2. The molecule has 2 aromatic heterocycles. The van der Waals surface area contributed by atoms with Crippen LogP contribution < -0.4 is 0 Å². The number of rotatable bonds is 5. The minimum atomic E-state index is 0.619. The van der Waals surface area contributed by atoms with Crippen molar-refractivity contribution in [2.24, 2.45) is 0 Å². The van der Waals surface area contributed by atoms with Gasteiger partial charge in [-0.1, -0.05) is 127 Å². The number of hydrogen-bond donors (Lipinski definition) is 0. The molecule has 0 radical (unpaired) electrons. The van der Waals surface area contributed by atoms with Gasteiger partial charge in [0.05, 0.1) is 0 Å². The van der Waals surface area contributed by atoms with Crippen LogP contribution in [0.3, 0.4) is 0 Å². The predicted molar refractivity (Wildman–Crippen MR) is 210 cm³/mol. The molecule has 0 spiro atoms. The highest BCUT2D eigenvalue weighted by atomic mass is 16.3. The Morgan fingerprint density at radius 1 is 0.431 bits per heavy atom. The lowest BCUT2D eigenvalue weighted by molar-refractivity contribution is 0.669. The molecule has 0 unspecified atom stereocenters. The monoisotopic (exact) mass is 653 g/mol. The van der Waals surface area contributed by atoms with Gasteiger partial charge in [-0.25, -0.2) is 15.0 Å². The molecule has 0 aliphatic heterocycles. The highest BCUT2D eigenvalue weighted by Crippen LogP contribution is 2.40. The van der Waals surface area contributed by atoms with Crippen LogP contribution >= 0.6 is 0 Å². The van der Waals surface area contributed by atoms with Crippen LogP contribution in [-0.4, -0.2) is 15.0 Å². The molecule has 0 atom stereocenters. The molecule has 4 heteroatoms. The number of nitrogens with zero attached hydrogens (tertiary/aromatic N) is 3. The van der Waals surface area contributed by atoms with Gasteiger partial charge in [0.15, 0.2) is 17.5 Å². The topological polar surface area (TPSA) is 51.8 Å². The van der Waals surface area contributed by atoms with E-state index in [2.05, 4.69) is 146 Å². The van der Waals surface area contributed by atoms with E-state index < -0.39 is 0 Å². The zero-order valence-electron chi connectivity index (χ0n) is 27.8. The third kappa shape index (κ3) is 5.29. The molecule has 0 saturated heterocycles. The fraction of sp³-hybridized carbons (Fsp3) is 0.0426. The summed E-state index contributed by atoms with van der Waals surface area (Å²) in [4.78, 5) is 15.5. The van der Waals surface area contributed by atoms with E-state index >= 15 is 0 Å². The molecule has 0 fully saturated rings. The molecule has 7 aromatic carbocycles. The highest BCUT2D eigenvalue weighted by Gasteiger charge is 2.20. The van der Waals surface area contributed by atoms with Crippen LogP contribution in [0.25, 0.3) is 94.1 Å². The number of allylic oxidation sites excluding steroid dienone is 4. The first-order valence-electron chi connectivity index (χ1n) is 17.4. The summed E-state index contributed by atoms with van der Waals surface area (Å²) in [6.45, 7) is 0. The maximum Gasteiger partial charge on any atom is 0.164 e. The van der Waals surface area contributed by atoms with Crippen molar-refractivity contribution in [1.29, 1.82) is 0 Å². The molecule has 0 bridgehead atoms. The van der Waals surface area contributed by atoms with Gasteiger partial charge in [0.25, 0.3) is 0 Å². The van der Waals surface area contributed by atoms with Gasteiger partial charge in [-0.2, -0.15) is 0 Å². The van der Waals surface area contributed by atoms with Crippen molar-refractivity contribution in [2.45, 2.75) is 12.8 Å². The number of para-hydroxylation sites is 1. The second-order valence-corrected chi connectivity index (χ2v) is 13.1. The van der Waals surface area contributed by atoms with E-state index in [0.717, 1.165) is 68.0 Å². The molecule has 4 nitrogen and oxygen atoms in total. The summed E-state index contributed by atoms with van der Waals surface area (Å²) in [6, 6.07) is 51.2. The van der Waals surface area contributed by atoms with Crippen LogP contribution in [0.2, 0.25) is 0 Å². The zero-order chi connectivity index (χ0) is 33.7. The quantitative estimate of drug-likeness (QED) is 0.185. The first-order chi connectivity index (χ1) is 25.2. The average molecular weight is 654 g/mol.